The van der Waals surface area contributed by atoms with Gasteiger partial charge in [0.05, 0.1) is 12.7 Å². The summed E-state index contributed by atoms with van der Waals surface area (Å²) >= 11 is 0. The van der Waals surface area contributed by atoms with Crippen LogP contribution in [-0.4, -0.2) is 59.0 Å². The fraction of sp³-hybridized carbons (Fsp3) is 0.231. The smallest absolute Gasteiger partial charge is 0.338 e. The molecule has 8 aromatic heterocycles. The predicted molar refractivity (Wildman–Crippen MR) is 206 cm³/mol. The van der Waals surface area contributed by atoms with Crippen LogP contribution in [0.4, 0.5) is 62.5 Å². The van der Waals surface area contributed by atoms with Crippen LogP contribution in [0.5, 0.6) is 0 Å². The molecule has 0 spiro atoms. The van der Waals surface area contributed by atoms with E-state index >= 15 is 0 Å². The second-order valence-electron chi connectivity index (χ2n) is 14.1. The predicted octanol–water partition coefficient (Wildman–Crippen LogP) is 9.81. The average molecular weight is 865 g/mol. The summed E-state index contributed by atoms with van der Waals surface area (Å²) in [6, 6.07) is 9.63. The van der Waals surface area contributed by atoms with Gasteiger partial charge in [0.2, 0.25) is 0 Å². The van der Waals surface area contributed by atoms with Gasteiger partial charge in [0.15, 0.2) is 45.6 Å². The number of fused-ring (bicyclic) bond motifs is 2. The summed E-state index contributed by atoms with van der Waals surface area (Å²) < 4.78 is 128. The van der Waals surface area contributed by atoms with Crippen molar-refractivity contribution >= 4 is 45.3 Å². The van der Waals surface area contributed by atoms with E-state index in [1.165, 1.54) is 29.1 Å². The Morgan fingerprint density at radius 1 is 0.565 bits per heavy atom. The van der Waals surface area contributed by atoms with E-state index in [2.05, 4.69) is 60.5 Å². The minimum atomic E-state index is -4.89. The first-order valence-corrected chi connectivity index (χ1v) is 18.4. The summed E-state index contributed by atoms with van der Waals surface area (Å²) in [4.78, 5) is 41.8. The maximum absolute atomic E-state index is 14.4. The van der Waals surface area contributed by atoms with Gasteiger partial charge in [-0.15, -0.1) is 0 Å². The normalized spacial score (nSPS) is 13.0. The summed E-state index contributed by atoms with van der Waals surface area (Å²) in [7, 11) is 0. The lowest BCUT2D eigenvalue weighted by Crippen LogP contribution is -2.14. The molecule has 0 bridgehead atoms. The molecule has 8 aromatic rings. The monoisotopic (exact) mass is 864 g/mol. The maximum atomic E-state index is 14.4. The molecule has 1 unspecified atom stereocenters. The zero-order valence-electron chi connectivity index (χ0n) is 32.2. The fourth-order valence-corrected chi connectivity index (χ4v) is 6.42. The molecular weight excluding hydrogens is 836 g/mol. The molecule has 318 valence electrons. The Kier molecular flexibility index (Phi) is 10.4. The number of anilines is 4. The molecule has 0 radical (unpaired) electrons. The van der Waals surface area contributed by atoms with Crippen LogP contribution in [0.3, 0.4) is 0 Å². The molecule has 0 amide bonds. The molecule has 0 aromatic carbocycles. The minimum absolute atomic E-state index is 0.0316. The highest BCUT2D eigenvalue weighted by Gasteiger charge is 2.35. The molecule has 0 aliphatic rings. The molecule has 14 nitrogen and oxygen atoms in total. The van der Waals surface area contributed by atoms with Crippen LogP contribution >= 0.6 is 0 Å². The van der Waals surface area contributed by atoms with Gasteiger partial charge in [-0.1, -0.05) is 6.07 Å². The van der Waals surface area contributed by atoms with Gasteiger partial charge >= 0.3 is 18.5 Å². The van der Waals surface area contributed by atoms with Crippen LogP contribution < -0.4 is 10.6 Å². The van der Waals surface area contributed by atoms with Crippen LogP contribution in [0, 0.1) is 0 Å². The van der Waals surface area contributed by atoms with Gasteiger partial charge in [-0.05, 0) is 69.3 Å². The molecule has 1 atom stereocenters. The average Bonchev–Trinajstić information content (AvgIpc) is 3.86. The number of aromatic nitrogens is 12. The molecule has 0 aliphatic carbocycles. The molecule has 2 N–H and O–H groups in total. The van der Waals surface area contributed by atoms with E-state index < -0.39 is 41.7 Å². The number of pyridine rings is 4. The van der Waals surface area contributed by atoms with Crippen molar-refractivity contribution in [3.05, 3.63) is 109 Å². The van der Waals surface area contributed by atoms with Crippen LogP contribution in [-0.2, 0) is 24.9 Å². The van der Waals surface area contributed by atoms with Gasteiger partial charge in [0.1, 0.15) is 22.8 Å². The Hall–Kier alpha value is -7.33. The van der Waals surface area contributed by atoms with Gasteiger partial charge in [-0.25, -0.2) is 39.9 Å². The molecule has 8 heterocycles. The number of imidazole rings is 2. The van der Waals surface area contributed by atoms with Crippen LogP contribution in [0.15, 0.2) is 85.8 Å². The molecular formula is C39H29F9N14. The number of halogens is 9. The lowest BCUT2D eigenvalue weighted by Gasteiger charge is -2.17. The number of hydrogen-bond acceptors (Lipinski definition) is 12. The van der Waals surface area contributed by atoms with Crippen molar-refractivity contribution < 1.29 is 39.5 Å². The fourth-order valence-electron chi connectivity index (χ4n) is 6.42. The van der Waals surface area contributed by atoms with Crippen molar-refractivity contribution in [2.24, 2.45) is 0 Å². The van der Waals surface area contributed by atoms with Gasteiger partial charge < -0.3 is 19.8 Å². The highest BCUT2D eigenvalue weighted by molar-refractivity contribution is 5.88. The number of alkyl halides is 9. The van der Waals surface area contributed by atoms with Crippen LogP contribution in [0.1, 0.15) is 55.6 Å². The first-order valence-electron chi connectivity index (χ1n) is 18.4. The van der Waals surface area contributed by atoms with Gasteiger partial charge in [-0.3, -0.25) is 9.97 Å². The van der Waals surface area contributed by atoms with Crippen molar-refractivity contribution in [1.29, 1.82) is 0 Å². The Morgan fingerprint density at radius 2 is 1.16 bits per heavy atom. The number of rotatable bonds is 10. The van der Waals surface area contributed by atoms with E-state index in [9.17, 15) is 39.5 Å². The second-order valence-corrected chi connectivity index (χ2v) is 14.1. The highest BCUT2D eigenvalue weighted by atomic mass is 19.4. The van der Waals surface area contributed by atoms with Gasteiger partial charge in [0, 0.05) is 59.7 Å². The molecule has 23 heteroatoms. The number of nitrogens with zero attached hydrogens (tertiary/aromatic N) is 12. The van der Waals surface area contributed by atoms with E-state index in [0.717, 1.165) is 24.4 Å². The minimum Gasteiger partial charge on any atom is -0.338 e. The molecule has 62 heavy (non-hydrogen) atoms. The number of hydrogen-bond donors (Lipinski definition) is 2. The van der Waals surface area contributed by atoms with Crippen LogP contribution in [0.25, 0.3) is 45.2 Å². The van der Waals surface area contributed by atoms with Gasteiger partial charge in [0.25, 0.3) is 0 Å². The van der Waals surface area contributed by atoms with E-state index in [0.29, 0.717) is 22.8 Å². The Balaban J connectivity index is 1.19. The van der Waals surface area contributed by atoms with Crippen molar-refractivity contribution in [3.8, 4) is 22.9 Å². The summed E-state index contributed by atoms with van der Waals surface area (Å²) in [5, 5.41) is 5.71. The van der Waals surface area contributed by atoms with Crippen LogP contribution in [0.2, 0.25) is 0 Å². The van der Waals surface area contributed by atoms with E-state index in [1.807, 2.05) is 13.8 Å². The first kappa shape index (κ1) is 41.4. The lowest BCUT2D eigenvalue weighted by atomic mass is 10.1. The highest BCUT2D eigenvalue weighted by Crippen LogP contribution is 2.36. The Labute approximate surface area is 343 Å². The van der Waals surface area contributed by atoms with E-state index in [4.69, 9.17) is 0 Å². The van der Waals surface area contributed by atoms with Crippen molar-refractivity contribution in [3.63, 3.8) is 0 Å². The third kappa shape index (κ3) is 8.49. The van der Waals surface area contributed by atoms with E-state index in [1.54, 1.807) is 42.3 Å². The van der Waals surface area contributed by atoms with Gasteiger partial charge in [-0.2, -0.15) is 39.5 Å². The third-order valence-corrected chi connectivity index (χ3v) is 9.33. The largest absolute Gasteiger partial charge is 0.433 e. The standard InChI is InChI=1S/C39H29F9N14/c1-19(2)61-17-51-29-34(57-31(59-35(29)61)21-7-10-49-11-8-21)55-24-14-23(53-28(16-24)39(46,47)48)13-20(3)62-18-52-30-33(54-22-9-12-50-27(15-22)38(43,44)45)58-32(60-36(30)62)25-5-4-6-26(56-25)37(40,41)42/h4-12,14-20H,13H2,1-3H3,(H,50,54,58,60)(H,53,55,57,59). The molecule has 0 saturated carbocycles. The topological polar surface area (TPSA) is 163 Å². The van der Waals surface area contributed by atoms with Crippen molar-refractivity contribution in [2.45, 2.75) is 57.8 Å². The van der Waals surface area contributed by atoms with Crippen molar-refractivity contribution in [2.75, 3.05) is 10.6 Å². The quantitative estimate of drug-likeness (QED) is 0.125. The third-order valence-electron chi connectivity index (χ3n) is 9.33. The summed E-state index contributed by atoms with van der Waals surface area (Å²) in [6.07, 6.45) is -7.91. The second kappa shape index (κ2) is 15.6. The maximum Gasteiger partial charge on any atom is 0.433 e. The zero-order valence-corrected chi connectivity index (χ0v) is 32.2. The first-order chi connectivity index (χ1) is 29.3. The van der Waals surface area contributed by atoms with E-state index in [-0.39, 0.29) is 69.7 Å². The molecule has 0 fully saturated rings. The number of nitrogens with one attached hydrogen (secondary N) is 2. The molecule has 0 saturated heterocycles. The molecule has 0 aliphatic heterocycles. The lowest BCUT2D eigenvalue weighted by molar-refractivity contribution is -0.142. The zero-order chi connectivity index (χ0) is 44.1. The summed E-state index contributed by atoms with van der Waals surface area (Å²) in [5.41, 5.74) is -3.05. The Morgan fingerprint density at radius 3 is 1.82 bits per heavy atom. The summed E-state index contributed by atoms with van der Waals surface area (Å²) in [6.45, 7) is 5.44. The Bertz CT molecular complexity index is 2920. The SMILES string of the molecule is CC(C)n1cnc2c(Nc3cc(CC(C)n4cnc5c(Nc6ccnc(C(F)(F)F)c6)nc(-c6cccc(C(F)(F)F)n6)nc54)nc(C(F)(F)F)c3)nc(-c3ccncc3)nc21. The van der Waals surface area contributed by atoms with Crippen molar-refractivity contribution in [1.82, 2.24) is 59.0 Å². The molecule has 8 rings (SSSR count). The summed E-state index contributed by atoms with van der Waals surface area (Å²) in [5.74, 6) is -0.198.